The highest BCUT2D eigenvalue weighted by atomic mass is 79.9. The van der Waals surface area contributed by atoms with Gasteiger partial charge in [-0.05, 0) is 46.6 Å². The van der Waals surface area contributed by atoms with E-state index < -0.39 is 17.7 Å². The molecule has 0 aliphatic heterocycles. The van der Waals surface area contributed by atoms with E-state index in [0.717, 1.165) is 16.2 Å². The predicted octanol–water partition coefficient (Wildman–Crippen LogP) is 3.67. The number of aromatic nitrogens is 1. The maximum atomic E-state index is 13.7. The number of nitrogens with zero attached hydrogens (tertiary/aromatic N) is 1. The van der Waals surface area contributed by atoms with Crippen LogP contribution >= 0.6 is 15.9 Å². The van der Waals surface area contributed by atoms with Gasteiger partial charge in [0.05, 0.1) is 0 Å². The monoisotopic (exact) mass is 326 g/mol. The van der Waals surface area contributed by atoms with Crippen LogP contribution in [0.2, 0.25) is 0 Å². The van der Waals surface area contributed by atoms with Crippen LogP contribution in [0.4, 0.5) is 8.78 Å². The first-order valence-electron chi connectivity index (χ1n) is 5.79. The van der Waals surface area contributed by atoms with E-state index in [9.17, 15) is 8.78 Å². The molecule has 0 spiro atoms. The van der Waals surface area contributed by atoms with Crippen molar-refractivity contribution in [2.45, 2.75) is 19.4 Å². The molecule has 1 unspecified atom stereocenters. The van der Waals surface area contributed by atoms with E-state index >= 15 is 0 Å². The summed E-state index contributed by atoms with van der Waals surface area (Å²) in [5, 5.41) is 0. The topological polar surface area (TPSA) is 38.9 Å². The van der Waals surface area contributed by atoms with Crippen LogP contribution in [0.1, 0.15) is 22.9 Å². The number of hydrogen-bond donors (Lipinski definition) is 1. The molecule has 0 fully saturated rings. The molecule has 19 heavy (non-hydrogen) atoms. The number of benzene rings is 1. The number of nitrogens with two attached hydrogens (primary N) is 1. The van der Waals surface area contributed by atoms with Gasteiger partial charge >= 0.3 is 0 Å². The van der Waals surface area contributed by atoms with E-state index in [0.29, 0.717) is 17.5 Å². The Morgan fingerprint density at radius 3 is 2.63 bits per heavy atom. The van der Waals surface area contributed by atoms with Crippen molar-refractivity contribution >= 4 is 15.9 Å². The summed E-state index contributed by atoms with van der Waals surface area (Å²) in [5.74, 6) is -1.18. The van der Waals surface area contributed by atoms with Gasteiger partial charge in [0.1, 0.15) is 11.6 Å². The van der Waals surface area contributed by atoms with Crippen molar-refractivity contribution in [2.24, 2.45) is 5.73 Å². The van der Waals surface area contributed by atoms with Crippen LogP contribution in [-0.4, -0.2) is 4.98 Å². The third-order valence-electron chi connectivity index (χ3n) is 2.90. The molecule has 1 aromatic carbocycles. The van der Waals surface area contributed by atoms with Gasteiger partial charge in [-0.2, -0.15) is 0 Å². The molecule has 0 radical (unpaired) electrons. The summed E-state index contributed by atoms with van der Waals surface area (Å²) in [7, 11) is 0. The van der Waals surface area contributed by atoms with Gasteiger partial charge in [-0.3, -0.25) is 4.98 Å². The van der Waals surface area contributed by atoms with Crippen LogP contribution in [0, 0.1) is 18.6 Å². The van der Waals surface area contributed by atoms with E-state index in [1.54, 1.807) is 13.1 Å². The quantitative estimate of drug-likeness (QED) is 0.934. The lowest BCUT2D eigenvalue weighted by Gasteiger charge is -2.14. The first kappa shape index (κ1) is 14.1. The van der Waals surface area contributed by atoms with Gasteiger partial charge in [-0.1, -0.05) is 0 Å². The summed E-state index contributed by atoms with van der Waals surface area (Å²) in [6.45, 7) is 1.59. The van der Waals surface area contributed by atoms with Gasteiger partial charge in [0, 0.05) is 40.5 Å². The van der Waals surface area contributed by atoms with E-state index in [2.05, 4.69) is 20.9 Å². The zero-order valence-corrected chi connectivity index (χ0v) is 11.9. The Balaban J connectivity index is 2.22. The summed E-state index contributed by atoms with van der Waals surface area (Å²) >= 11 is 3.29. The lowest BCUT2D eigenvalue weighted by Crippen LogP contribution is -2.16. The summed E-state index contributed by atoms with van der Waals surface area (Å²) in [4.78, 5) is 4.19. The second-order valence-electron chi connectivity index (χ2n) is 4.40. The van der Waals surface area contributed by atoms with Crippen LogP contribution in [0.25, 0.3) is 0 Å². The van der Waals surface area contributed by atoms with Gasteiger partial charge in [-0.15, -0.1) is 0 Å². The molecule has 1 aromatic heterocycles. The summed E-state index contributed by atoms with van der Waals surface area (Å²) in [5.41, 5.74) is 7.43. The average Bonchev–Trinajstić information content (AvgIpc) is 2.36. The SMILES string of the molecule is Cc1cc(C(N)Cc2ccc(Br)cn2)c(F)cc1F. The Labute approximate surface area is 118 Å². The summed E-state index contributed by atoms with van der Waals surface area (Å²) < 4.78 is 27.8. The number of hydrogen-bond acceptors (Lipinski definition) is 2. The van der Waals surface area contributed by atoms with Crippen molar-refractivity contribution in [1.29, 1.82) is 0 Å². The highest BCUT2D eigenvalue weighted by molar-refractivity contribution is 9.10. The summed E-state index contributed by atoms with van der Waals surface area (Å²) in [6, 6.07) is 5.45. The van der Waals surface area contributed by atoms with Crippen molar-refractivity contribution in [3.05, 3.63) is 63.4 Å². The Morgan fingerprint density at radius 2 is 2.00 bits per heavy atom. The van der Waals surface area contributed by atoms with Gasteiger partial charge < -0.3 is 5.73 Å². The van der Waals surface area contributed by atoms with Crippen molar-refractivity contribution in [3.8, 4) is 0 Å². The second kappa shape index (κ2) is 5.75. The average molecular weight is 327 g/mol. The van der Waals surface area contributed by atoms with Gasteiger partial charge in [0.25, 0.3) is 0 Å². The maximum absolute atomic E-state index is 13.7. The Kier molecular flexibility index (Phi) is 4.27. The lowest BCUT2D eigenvalue weighted by atomic mass is 10.00. The first-order chi connectivity index (χ1) is 8.97. The molecule has 1 atom stereocenters. The third-order valence-corrected chi connectivity index (χ3v) is 3.36. The molecule has 2 aromatic rings. The second-order valence-corrected chi connectivity index (χ2v) is 5.32. The Bertz CT molecular complexity index is 585. The van der Waals surface area contributed by atoms with E-state index in [1.165, 1.54) is 6.07 Å². The van der Waals surface area contributed by atoms with Crippen molar-refractivity contribution in [2.75, 3.05) is 0 Å². The number of rotatable bonds is 3. The smallest absolute Gasteiger partial charge is 0.130 e. The molecule has 1 heterocycles. The number of pyridine rings is 1. The van der Waals surface area contributed by atoms with Crippen LogP contribution in [-0.2, 0) is 6.42 Å². The molecule has 0 saturated heterocycles. The molecule has 0 bridgehead atoms. The zero-order valence-electron chi connectivity index (χ0n) is 10.3. The van der Waals surface area contributed by atoms with E-state index in [1.807, 2.05) is 12.1 Å². The number of halogens is 3. The van der Waals surface area contributed by atoms with E-state index in [-0.39, 0.29) is 0 Å². The van der Waals surface area contributed by atoms with Gasteiger partial charge in [0.15, 0.2) is 0 Å². The highest BCUT2D eigenvalue weighted by Crippen LogP contribution is 2.22. The number of aryl methyl sites for hydroxylation is 1. The minimum Gasteiger partial charge on any atom is -0.324 e. The van der Waals surface area contributed by atoms with Crippen LogP contribution < -0.4 is 5.73 Å². The molecule has 0 aliphatic rings. The van der Waals surface area contributed by atoms with Gasteiger partial charge in [0.2, 0.25) is 0 Å². The van der Waals surface area contributed by atoms with Crippen molar-refractivity contribution < 1.29 is 8.78 Å². The molecule has 0 aliphatic carbocycles. The summed E-state index contributed by atoms with van der Waals surface area (Å²) in [6.07, 6.45) is 2.06. The molecule has 0 amide bonds. The predicted molar refractivity (Wildman–Crippen MR) is 73.7 cm³/mol. The van der Waals surface area contributed by atoms with Crippen molar-refractivity contribution in [1.82, 2.24) is 4.98 Å². The highest BCUT2D eigenvalue weighted by Gasteiger charge is 2.15. The lowest BCUT2D eigenvalue weighted by molar-refractivity contribution is 0.548. The molecule has 2 N–H and O–H groups in total. The fraction of sp³-hybridized carbons (Fsp3) is 0.214. The molecular formula is C14H13BrF2N2. The standard InChI is InChI=1S/C14H13BrF2N2/c1-8-4-11(13(17)6-12(8)16)14(18)5-10-3-2-9(15)7-19-10/h2-4,6-7,14H,5,18H2,1H3. The normalized spacial score (nSPS) is 12.5. The zero-order chi connectivity index (χ0) is 14.0. The molecule has 5 heteroatoms. The molecule has 100 valence electrons. The van der Waals surface area contributed by atoms with Crippen LogP contribution in [0.3, 0.4) is 0 Å². The minimum absolute atomic E-state index is 0.309. The van der Waals surface area contributed by atoms with Crippen molar-refractivity contribution in [3.63, 3.8) is 0 Å². The van der Waals surface area contributed by atoms with Crippen LogP contribution in [0.5, 0.6) is 0 Å². The van der Waals surface area contributed by atoms with E-state index in [4.69, 9.17) is 5.73 Å². The largest absolute Gasteiger partial charge is 0.324 e. The molecule has 0 saturated carbocycles. The maximum Gasteiger partial charge on any atom is 0.130 e. The Hall–Kier alpha value is -1.33. The Morgan fingerprint density at radius 1 is 1.26 bits per heavy atom. The molecule has 2 nitrogen and oxygen atoms in total. The third kappa shape index (κ3) is 3.36. The first-order valence-corrected chi connectivity index (χ1v) is 6.58. The fourth-order valence-electron chi connectivity index (χ4n) is 1.83. The van der Waals surface area contributed by atoms with Gasteiger partial charge in [-0.25, -0.2) is 8.78 Å². The fourth-order valence-corrected chi connectivity index (χ4v) is 2.06. The molecular weight excluding hydrogens is 314 g/mol. The minimum atomic E-state index is -0.618. The molecule has 2 rings (SSSR count). The van der Waals surface area contributed by atoms with Crippen LogP contribution in [0.15, 0.2) is 34.9 Å².